The molecular weight excluding hydrogens is 424 g/mol. The molecule has 3 heterocycles. The molecular formula is C25H25ClN4O2. The molecule has 0 saturated carbocycles. The summed E-state index contributed by atoms with van der Waals surface area (Å²) < 4.78 is 2.16. The normalized spacial score (nSPS) is 19.4. The second-order valence-electron chi connectivity index (χ2n) is 8.48. The van der Waals surface area contributed by atoms with Gasteiger partial charge in [0.15, 0.2) is 0 Å². The van der Waals surface area contributed by atoms with Gasteiger partial charge in [-0.2, -0.15) is 0 Å². The first-order chi connectivity index (χ1) is 15.5. The predicted molar refractivity (Wildman–Crippen MR) is 124 cm³/mol. The van der Waals surface area contributed by atoms with Crippen molar-refractivity contribution in [3.05, 3.63) is 76.6 Å². The molecule has 164 valence electrons. The van der Waals surface area contributed by atoms with Crippen molar-refractivity contribution in [2.45, 2.75) is 44.3 Å². The Bertz CT molecular complexity index is 1170. The van der Waals surface area contributed by atoms with Crippen LogP contribution >= 0.6 is 11.6 Å². The van der Waals surface area contributed by atoms with E-state index >= 15 is 0 Å². The van der Waals surface area contributed by atoms with Gasteiger partial charge in [-0.05, 0) is 30.5 Å². The van der Waals surface area contributed by atoms with E-state index in [0.29, 0.717) is 30.1 Å². The van der Waals surface area contributed by atoms with Crippen LogP contribution in [-0.2, 0) is 24.2 Å². The lowest BCUT2D eigenvalue weighted by Crippen LogP contribution is -2.43. The molecule has 2 aliphatic rings. The summed E-state index contributed by atoms with van der Waals surface area (Å²) in [6.45, 7) is 0.640. The Kier molecular flexibility index (Phi) is 5.47. The van der Waals surface area contributed by atoms with Crippen molar-refractivity contribution in [2.24, 2.45) is 0 Å². The molecule has 1 N–H and O–H groups in total. The number of halogens is 1. The first kappa shape index (κ1) is 20.8. The molecule has 3 aromatic rings. The van der Waals surface area contributed by atoms with Crippen LogP contribution in [0.15, 0.2) is 54.6 Å². The average molecular weight is 449 g/mol. The highest BCUT2D eigenvalue weighted by Gasteiger charge is 2.42. The Labute approximate surface area is 192 Å². The summed E-state index contributed by atoms with van der Waals surface area (Å²) in [5.41, 5.74) is 3.26. The Morgan fingerprint density at radius 3 is 2.62 bits per heavy atom. The fourth-order valence-electron chi connectivity index (χ4n) is 5.09. The first-order valence-electron chi connectivity index (χ1n) is 11.0. The van der Waals surface area contributed by atoms with Crippen molar-refractivity contribution in [1.29, 1.82) is 0 Å². The highest BCUT2D eigenvalue weighted by Crippen LogP contribution is 2.36. The van der Waals surface area contributed by atoms with Gasteiger partial charge in [0.05, 0.1) is 18.2 Å². The second-order valence-corrected chi connectivity index (χ2v) is 8.92. The molecule has 6 nitrogen and oxygen atoms in total. The van der Waals surface area contributed by atoms with E-state index < -0.39 is 0 Å². The van der Waals surface area contributed by atoms with E-state index in [1.165, 1.54) is 0 Å². The minimum Gasteiger partial charge on any atom is -0.354 e. The van der Waals surface area contributed by atoms with Crippen molar-refractivity contribution in [3.8, 4) is 11.4 Å². The van der Waals surface area contributed by atoms with Crippen LogP contribution in [0.3, 0.4) is 0 Å². The average Bonchev–Trinajstić information content (AvgIpc) is 3.30. The maximum atomic E-state index is 13.4. The molecule has 2 aliphatic heterocycles. The van der Waals surface area contributed by atoms with Gasteiger partial charge in [0.1, 0.15) is 11.5 Å². The van der Waals surface area contributed by atoms with Crippen molar-refractivity contribution < 1.29 is 9.59 Å². The predicted octanol–water partition coefficient (Wildman–Crippen LogP) is 3.72. The van der Waals surface area contributed by atoms with Gasteiger partial charge in [-0.3, -0.25) is 9.59 Å². The number of carbonyl (C=O) groups is 2. The SMILES string of the molecule is CNC(=O)c1nc(-c2ccccc2)n2c1C[C@@H]1CC[C@H](C2)N1C(=O)Cc1cccc(Cl)c1. The maximum absolute atomic E-state index is 13.4. The lowest BCUT2D eigenvalue weighted by molar-refractivity contribution is -0.133. The van der Waals surface area contributed by atoms with Gasteiger partial charge in [-0.1, -0.05) is 54.1 Å². The molecule has 1 fully saturated rings. The minimum atomic E-state index is -0.189. The number of rotatable bonds is 4. The van der Waals surface area contributed by atoms with E-state index in [1.807, 2.05) is 54.6 Å². The molecule has 2 amide bonds. The lowest BCUT2D eigenvalue weighted by Gasteiger charge is -2.28. The zero-order valence-corrected chi connectivity index (χ0v) is 18.7. The van der Waals surface area contributed by atoms with Crippen LogP contribution in [0.4, 0.5) is 0 Å². The van der Waals surface area contributed by atoms with Crippen LogP contribution in [0.1, 0.15) is 34.6 Å². The van der Waals surface area contributed by atoms with Crippen molar-refractivity contribution >= 4 is 23.4 Å². The Balaban J connectivity index is 1.50. The van der Waals surface area contributed by atoms with Crippen LogP contribution in [0.2, 0.25) is 5.02 Å². The number of imidazole rings is 1. The molecule has 1 aromatic heterocycles. The van der Waals surface area contributed by atoms with E-state index in [1.54, 1.807) is 7.05 Å². The molecule has 0 aliphatic carbocycles. The number of carbonyl (C=O) groups excluding carboxylic acids is 2. The van der Waals surface area contributed by atoms with Crippen molar-refractivity contribution in [1.82, 2.24) is 19.8 Å². The van der Waals surface area contributed by atoms with Gasteiger partial charge < -0.3 is 14.8 Å². The summed E-state index contributed by atoms with van der Waals surface area (Å²) in [5.74, 6) is 0.709. The third-order valence-electron chi connectivity index (χ3n) is 6.52. The molecule has 7 heteroatoms. The van der Waals surface area contributed by atoms with Gasteiger partial charge in [-0.15, -0.1) is 0 Å². The highest BCUT2D eigenvalue weighted by molar-refractivity contribution is 6.30. The van der Waals surface area contributed by atoms with Gasteiger partial charge in [0, 0.05) is 36.6 Å². The van der Waals surface area contributed by atoms with Gasteiger partial charge in [0.25, 0.3) is 5.91 Å². The monoisotopic (exact) mass is 448 g/mol. The molecule has 0 spiro atoms. The number of nitrogens with one attached hydrogen (secondary N) is 1. The molecule has 5 rings (SSSR count). The summed E-state index contributed by atoms with van der Waals surface area (Å²) in [6.07, 6.45) is 2.84. The third-order valence-corrected chi connectivity index (χ3v) is 6.76. The summed E-state index contributed by atoms with van der Waals surface area (Å²) >= 11 is 6.12. The Morgan fingerprint density at radius 2 is 1.88 bits per heavy atom. The summed E-state index contributed by atoms with van der Waals surface area (Å²) in [6, 6.07) is 17.6. The highest BCUT2D eigenvalue weighted by atomic mass is 35.5. The fourth-order valence-corrected chi connectivity index (χ4v) is 5.31. The van der Waals surface area contributed by atoms with Crippen LogP contribution in [0.5, 0.6) is 0 Å². The molecule has 0 unspecified atom stereocenters. The molecule has 2 atom stereocenters. The number of fused-ring (bicyclic) bond motifs is 3. The lowest BCUT2D eigenvalue weighted by atomic mass is 10.0. The molecule has 2 bridgehead atoms. The van der Waals surface area contributed by atoms with Gasteiger partial charge >= 0.3 is 0 Å². The van der Waals surface area contributed by atoms with Crippen LogP contribution in [0, 0.1) is 0 Å². The second kappa shape index (κ2) is 8.43. The fraction of sp³-hybridized carbons (Fsp3) is 0.320. The Hall–Kier alpha value is -3.12. The maximum Gasteiger partial charge on any atom is 0.271 e. The van der Waals surface area contributed by atoms with Crippen molar-refractivity contribution in [2.75, 3.05) is 7.05 Å². The van der Waals surface area contributed by atoms with Crippen molar-refractivity contribution in [3.63, 3.8) is 0 Å². The molecule has 2 aromatic carbocycles. The topological polar surface area (TPSA) is 67.2 Å². The minimum absolute atomic E-state index is 0.0664. The standard InChI is InChI=1S/C25H25ClN4O2/c1-27-25(32)23-21-14-19-10-11-20(15-29(21)24(28-23)17-7-3-2-4-8-17)30(19)22(31)13-16-6-5-9-18(26)12-16/h2-9,12,19-20H,10-11,13-15H2,1H3,(H,27,32)/t19-,20+/m0/s1. The van der Waals surface area contributed by atoms with Crippen LogP contribution in [-0.4, -0.2) is 45.4 Å². The van der Waals surface area contributed by atoms with E-state index in [4.69, 9.17) is 16.6 Å². The van der Waals surface area contributed by atoms with E-state index in [-0.39, 0.29) is 23.9 Å². The summed E-state index contributed by atoms with van der Waals surface area (Å²) in [4.78, 5) is 32.8. The zero-order valence-electron chi connectivity index (χ0n) is 17.9. The largest absolute Gasteiger partial charge is 0.354 e. The van der Waals surface area contributed by atoms with E-state index in [0.717, 1.165) is 35.5 Å². The Morgan fingerprint density at radius 1 is 1.09 bits per heavy atom. The van der Waals surface area contributed by atoms with Crippen LogP contribution < -0.4 is 5.32 Å². The molecule has 0 radical (unpaired) electrons. The van der Waals surface area contributed by atoms with Crippen LogP contribution in [0.25, 0.3) is 11.4 Å². The number of hydrogen-bond acceptors (Lipinski definition) is 3. The zero-order chi connectivity index (χ0) is 22.2. The number of hydrogen-bond donors (Lipinski definition) is 1. The molecule has 32 heavy (non-hydrogen) atoms. The summed E-state index contributed by atoms with van der Waals surface area (Å²) in [5, 5.41) is 3.36. The number of benzene rings is 2. The van der Waals surface area contributed by atoms with E-state index in [2.05, 4.69) is 14.8 Å². The van der Waals surface area contributed by atoms with E-state index in [9.17, 15) is 9.59 Å². The van der Waals surface area contributed by atoms with Gasteiger partial charge in [0.2, 0.25) is 5.91 Å². The number of amides is 2. The quantitative estimate of drug-likeness (QED) is 0.661. The summed E-state index contributed by atoms with van der Waals surface area (Å²) in [7, 11) is 1.62. The smallest absolute Gasteiger partial charge is 0.271 e. The number of aromatic nitrogens is 2. The first-order valence-corrected chi connectivity index (χ1v) is 11.4. The number of nitrogens with zero attached hydrogens (tertiary/aromatic N) is 3. The molecule has 1 saturated heterocycles. The van der Waals surface area contributed by atoms with Gasteiger partial charge in [-0.25, -0.2) is 4.98 Å². The third kappa shape index (κ3) is 3.69.